The molecule has 0 N–H and O–H groups in total. The van der Waals surface area contributed by atoms with Crippen LogP contribution in [0.25, 0.3) is 88.8 Å². The highest BCUT2D eigenvalue weighted by Gasteiger charge is 2.37. The van der Waals surface area contributed by atoms with Crippen molar-refractivity contribution in [2.75, 3.05) is 0 Å². The smallest absolute Gasteiger partial charge is 0.161 e. The van der Waals surface area contributed by atoms with Crippen molar-refractivity contribution < 1.29 is 0 Å². The predicted molar refractivity (Wildman–Crippen MR) is 222 cm³/mol. The molecule has 9 aromatic rings. The van der Waals surface area contributed by atoms with Crippen LogP contribution in [0, 0.1) is 0 Å². The van der Waals surface area contributed by atoms with Gasteiger partial charge in [-0.1, -0.05) is 184 Å². The first-order chi connectivity index (χ1) is 26.0. The summed E-state index contributed by atoms with van der Waals surface area (Å²) in [5.41, 5.74) is 15.3. The molecule has 0 radical (unpaired) electrons. The van der Waals surface area contributed by atoms with Crippen LogP contribution in [-0.2, 0) is 5.41 Å². The molecular weight excluding hydrogens is 641 g/mol. The van der Waals surface area contributed by atoms with E-state index in [-0.39, 0.29) is 5.41 Å². The lowest BCUT2D eigenvalue weighted by Crippen LogP contribution is -2.16. The molecule has 10 rings (SSSR count). The van der Waals surface area contributed by atoms with Crippen molar-refractivity contribution in [1.29, 1.82) is 0 Å². The number of hydrogen-bond acceptors (Lipinski definition) is 2. The Kier molecular flexibility index (Phi) is 7.19. The van der Waals surface area contributed by atoms with Crippen LogP contribution in [0.3, 0.4) is 0 Å². The maximum Gasteiger partial charge on any atom is 0.161 e. The van der Waals surface area contributed by atoms with E-state index >= 15 is 0 Å². The van der Waals surface area contributed by atoms with Gasteiger partial charge in [-0.3, -0.25) is 0 Å². The minimum absolute atomic E-state index is 0.0894. The Hall–Kier alpha value is -6.64. The molecule has 0 spiro atoms. The van der Waals surface area contributed by atoms with Crippen molar-refractivity contribution in [2.24, 2.45) is 0 Å². The van der Waals surface area contributed by atoms with Crippen LogP contribution in [0.5, 0.6) is 0 Å². The van der Waals surface area contributed by atoms with E-state index in [2.05, 4.69) is 190 Å². The number of benzene rings is 8. The van der Waals surface area contributed by atoms with Gasteiger partial charge in [-0.2, -0.15) is 0 Å². The summed E-state index contributed by atoms with van der Waals surface area (Å²) >= 11 is 0. The third kappa shape index (κ3) is 5.10. The van der Waals surface area contributed by atoms with Crippen LogP contribution in [0.4, 0.5) is 0 Å². The summed E-state index contributed by atoms with van der Waals surface area (Å²) in [6.07, 6.45) is 0. The molecule has 0 atom stereocenters. The van der Waals surface area contributed by atoms with E-state index in [1.165, 1.54) is 55.3 Å². The molecule has 250 valence electrons. The van der Waals surface area contributed by atoms with E-state index in [4.69, 9.17) is 9.97 Å². The molecule has 0 amide bonds. The van der Waals surface area contributed by atoms with E-state index in [1.807, 2.05) is 6.07 Å². The number of hydrogen-bond donors (Lipinski definition) is 0. The molecule has 0 fully saturated rings. The van der Waals surface area contributed by atoms with Gasteiger partial charge < -0.3 is 0 Å². The number of nitrogens with zero attached hydrogens (tertiary/aromatic N) is 2. The SMILES string of the molecule is CC1(C)c2ccccc2-c2cccc(-c3cccc(-c4ccc(-c5cc(-c6ccccc6)nc(-c6cccc7ccccc67)n5)c5ccccc45)c3)c21. The first-order valence-corrected chi connectivity index (χ1v) is 18.3. The van der Waals surface area contributed by atoms with Crippen LogP contribution in [-0.4, -0.2) is 9.97 Å². The molecule has 0 saturated heterocycles. The van der Waals surface area contributed by atoms with Gasteiger partial charge in [-0.15, -0.1) is 0 Å². The first kappa shape index (κ1) is 31.1. The number of fused-ring (bicyclic) bond motifs is 5. The molecule has 0 saturated carbocycles. The van der Waals surface area contributed by atoms with E-state index in [1.54, 1.807) is 0 Å². The van der Waals surface area contributed by atoms with Crippen LogP contribution < -0.4 is 0 Å². The zero-order valence-electron chi connectivity index (χ0n) is 29.7. The Morgan fingerprint density at radius 1 is 0.358 bits per heavy atom. The van der Waals surface area contributed by atoms with E-state index in [0.717, 1.165) is 44.7 Å². The second-order valence-electron chi connectivity index (χ2n) is 14.5. The average Bonchev–Trinajstić information content (AvgIpc) is 3.46. The van der Waals surface area contributed by atoms with Crippen molar-refractivity contribution in [3.05, 3.63) is 193 Å². The number of rotatable bonds is 5. The molecular formula is C51H36N2. The standard InChI is InChI=1S/C51H36N2/c1-51(2)46-28-11-10-24-42(46)44-26-14-25-39(49(44)51)36-20-12-19-35(31-36)38-29-30-43(41-23-9-8-22-40(38)41)48-32-47(34-16-4-3-5-17-34)52-50(53-48)45-27-13-18-33-15-6-7-21-37(33)45/h3-32H,1-2H3. The molecule has 1 aliphatic carbocycles. The summed E-state index contributed by atoms with van der Waals surface area (Å²) in [7, 11) is 0. The van der Waals surface area contributed by atoms with Gasteiger partial charge >= 0.3 is 0 Å². The van der Waals surface area contributed by atoms with E-state index < -0.39 is 0 Å². The second kappa shape index (κ2) is 12.3. The normalized spacial score (nSPS) is 12.9. The van der Waals surface area contributed by atoms with Crippen LogP contribution in [0.15, 0.2) is 182 Å². The molecule has 1 aromatic heterocycles. The maximum atomic E-state index is 5.31. The predicted octanol–water partition coefficient (Wildman–Crippen LogP) is 13.4. The van der Waals surface area contributed by atoms with Gasteiger partial charge in [-0.05, 0) is 78.2 Å². The van der Waals surface area contributed by atoms with Gasteiger partial charge in [0.2, 0.25) is 0 Å². The summed E-state index contributed by atoms with van der Waals surface area (Å²) in [4.78, 5) is 10.5. The van der Waals surface area contributed by atoms with Gasteiger partial charge in [0, 0.05) is 22.1 Å². The molecule has 0 aliphatic heterocycles. The van der Waals surface area contributed by atoms with Gasteiger partial charge in [0.25, 0.3) is 0 Å². The number of aromatic nitrogens is 2. The topological polar surface area (TPSA) is 25.8 Å². The van der Waals surface area contributed by atoms with Gasteiger partial charge in [0.15, 0.2) is 5.82 Å². The molecule has 2 nitrogen and oxygen atoms in total. The average molecular weight is 677 g/mol. The second-order valence-corrected chi connectivity index (χ2v) is 14.5. The fraction of sp³-hybridized carbons (Fsp3) is 0.0588. The molecule has 0 bridgehead atoms. The summed E-state index contributed by atoms with van der Waals surface area (Å²) in [6, 6.07) is 65.4. The first-order valence-electron chi connectivity index (χ1n) is 18.3. The molecule has 1 heterocycles. The molecule has 8 aromatic carbocycles. The monoisotopic (exact) mass is 676 g/mol. The van der Waals surface area contributed by atoms with Gasteiger partial charge in [-0.25, -0.2) is 9.97 Å². The van der Waals surface area contributed by atoms with Crippen LogP contribution in [0.1, 0.15) is 25.0 Å². The van der Waals surface area contributed by atoms with Crippen LogP contribution >= 0.6 is 0 Å². The minimum Gasteiger partial charge on any atom is -0.228 e. The van der Waals surface area contributed by atoms with Crippen molar-refractivity contribution in [3.8, 4) is 67.3 Å². The third-order valence-corrected chi connectivity index (χ3v) is 11.1. The lowest BCUT2D eigenvalue weighted by Gasteiger charge is -2.24. The Morgan fingerprint density at radius 2 is 0.906 bits per heavy atom. The Labute approximate surface area is 310 Å². The van der Waals surface area contributed by atoms with Crippen molar-refractivity contribution in [3.63, 3.8) is 0 Å². The zero-order chi connectivity index (χ0) is 35.5. The highest BCUT2D eigenvalue weighted by molar-refractivity contribution is 6.05. The third-order valence-electron chi connectivity index (χ3n) is 11.1. The zero-order valence-corrected chi connectivity index (χ0v) is 29.7. The molecule has 2 heteroatoms. The lowest BCUT2D eigenvalue weighted by molar-refractivity contribution is 0.662. The summed E-state index contributed by atoms with van der Waals surface area (Å²) < 4.78 is 0. The molecule has 1 aliphatic rings. The Balaban J connectivity index is 1.13. The van der Waals surface area contributed by atoms with Crippen molar-refractivity contribution in [2.45, 2.75) is 19.3 Å². The summed E-state index contributed by atoms with van der Waals surface area (Å²) in [5.74, 6) is 0.722. The van der Waals surface area contributed by atoms with Crippen molar-refractivity contribution >= 4 is 21.5 Å². The highest BCUT2D eigenvalue weighted by Crippen LogP contribution is 2.52. The quantitative estimate of drug-likeness (QED) is 0.181. The highest BCUT2D eigenvalue weighted by atomic mass is 14.9. The summed E-state index contributed by atoms with van der Waals surface area (Å²) in [6.45, 7) is 4.72. The summed E-state index contributed by atoms with van der Waals surface area (Å²) in [5, 5.41) is 4.67. The molecule has 53 heavy (non-hydrogen) atoms. The van der Waals surface area contributed by atoms with Gasteiger partial charge in [0.05, 0.1) is 11.4 Å². The van der Waals surface area contributed by atoms with Gasteiger partial charge in [0.1, 0.15) is 0 Å². The Bertz CT molecular complexity index is 2860. The van der Waals surface area contributed by atoms with E-state index in [0.29, 0.717) is 0 Å². The fourth-order valence-electron chi connectivity index (χ4n) is 8.60. The van der Waals surface area contributed by atoms with Crippen LogP contribution in [0.2, 0.25) is 0 Å². The minimum atomic E-state index is -0.0894. The fourth-order valence-corrected chi connectivity index (χ4v) is 8.60. The lowest BCUT2D eigenvalue weighted by atomic mass is 9.78. The maximum absolute atomic E-state index is 5.31. The van der Waals surface area contributed by atoms with E-state index in [9.17, 15) is 0 Å². The molecule has 0 unspecified atom stereocenters. The Morgan fingerprint density at radius 3 is 1.75 bits per heavy atom. The van der Waals surface area contributed by atoms with Crippen molar-refractivity contribution in [1.82, 2.24) is 9.97 Å². The largest absolute Gasteiger partial charge is 0.228 e.